The van der Waals surface area contributed by atoms with Gasteiger partial charge in [-0.1, -0.05) is 29.8 Å². The van der Waals surface area contributed by atoms with Gasteiger partial charge in [-0.3, -0.25) is 9.54 Å². The Hall–Kier alpha value is -2.09. The number of carboxylic acids is 1. The van der Waals surface area contributed by atoms with Gasteiger partial charge in [0.15, 0.2) is 0 Å². The Morgan fingerprint density at radius 2 is 2.05 bits per heavy atom. The van der Waals surface area contributed by atoms with E-state index in [0.717, 1.165) is 11.1 Å². The van der Waals surface area contributed by atoms with Gasteiger partial charge in [-0.05, 0) is 24.6 Å². The molecule has 0 radical (unpaired) electrons. The topological polar surface area (TPSA) is 90.7 Å². The summed E-state index contributed by atoms with van der Waals surface area (Å²) >= 11 is -2.15. The monoisotopic (exact) mass is 320 g/mol. The van der Waals surface area contributed by atoms with Crippen LogP contribution in [0.15, 0.2) is 42.6 Å². The smallest absolute Gasteiger partial charge is 0.337 e. The summed E-state index contributed by atoms with van der Waals surface area (Å²) in [6, 6.07) is 10.6. The number of rotatable bonds is 6. The van der Waals surface area contributed by atoms with Crippen molar-refractivity contribution in [1.29, 1.82) is 0 Å². The fourth-order valence-corrected chi connectivity index (χ4v) is 2.51. The van der Waals surface area contributed by atoms with Crippen molar-refractivity contribution in [3.05, 3.63) is 65.0 Å². The second-order valence-corrected chi connectivity index (χ2v) is 5.84. The summed E-state index contributed by atoms with van der Waals surface area (Å²) in [5.74, 6) is -1.05. The minimum absolute atomic E-state index is 0.0825. The summed E-state index contributed by atoms with van der Waals surface area (Å²) in [4.78, 5) is 14.8. The third-order valence-electron chi connectivity index (χ3n) is 3.07. The number of aryl methyl sites for hydroxylation is 1. The van der Waals surface area contributed by atoms with Gasteiger partial charge in [-0.2, -0.15) is 4.31 Å². The molecule has 1 atom stereocenters. The number of carbonyl (C=O) groups is 1. The molecule has 0 saturated heterocycles. The zero-order chi connectivity index (χ0) is 16.1. The normalized spacial score (nSPS) is 12.3. The first-order valence-corrected chi connectivity index (χ1v) is 7.62. The number of aromatic nitrogens is 1. The van der Waals surface area contributed by atoms with Gasteiger partial charge in [0.2, 0.25) is 11.3 Å². The first-order chi connectivity index (χ1) is 10.5. The average Bonchev–Trinajstić information content (AvgIpc) is 2.47. The molecule has 0 fully saturated rings. The molecular weight excluding hydrogens is 304 g/mol. The van der Waals surface area contributed by atoms with Crippen molar-refractivity contribution in [3.8, 4) is 0 Å². The van der Waals surface area contributed by atoms with Crippen LogP contribution < -0.4 is 0 Å². The molecule has 0 amide bonds. The maximum absolute atomic E-state index is 11.5. The summed E-state index contributed by atoms with van der Waals surface area (Å²) in [7, 11) is 0. The van der Waals surface area contributed by atoms with Crippen molar-refractivity contribution in [2.45, 2.75) is 20.0 Å². The fraction of sp³-hybridized carbons (Fsp3) is 0.200. The summed E-state index contributed by atoms with van der Waals surface area (Å²) in [5.41, 5.74) is 2.61. The maximum atomic E-state index is 11.5. The third-order valence-corrected chi connectivity index (χ3v) is 3.77. The number of aromatic carboxylic acids is 1. The number of nitrogens with zero attached hydrogens (tertiary/aromatic N) is 2. The van der Waals surface area contributed by atoms with Gasteiger partial charge in [0.05, 0.1) is 17.8 Å². The lowest BCUT2D eigenvalue weighted by atomic mass is 10.1. The zero-order valence-electron chi connectivity index (χ0n) is 12.0. The van der Waals surface area contributed by atoms with Gasteiger partial charge >= 0.3 is 5.97 Å². The van der Waals surface area contributed by atoms with Gasteiger partial charge < -0.3 is 5.11 Å². The Bertz CT molecular complexity index is 688. The Kier molecular flexibility index (Phi) is 5.37. The van der Waals surface area contributed by atoms with E-state index in [0.29, 0.717) is 12.2 Å². The molecule has 1 aromatic carbocycles. The van der Waals surface area contributed by atoms with Crippen LogP contribution in [0, 0.1) is 6.92 Å². The third kappa shape index (κ3) is 4.45. The number of pyridine rings is 1. The molecule has 0 aliphatic heterocycles. The highest BCUT2D eigenvalue weighted by molar-refractivity contribution is 7.76. The molecular formula is C15H16N2O4S. The summed E-state index contributed by atoms with van der Waals surface area (Å²) in [6.07, 6.45) is 1.24. The van der Waals surface area contributed by atoms with Crippen molar-refractivity contribution < 1.29 is 18.7 Å². The molecule has 0 spiro atoms. The predicted molar refractivity (Wildman–Crippen MR) is 82.4 cm³/mol. The maximum Gasteiger partial charge on any atom is 0.337 e. The lowest BCUT2D eigenvalue weighted by Crippen LogP contribution is -2.25. The quantitative estimate of drug-likeness (QED) is 0.797. The van der Waals surface area contributed by atoms with E-state index in [-0.39, 0.29) is 12.1 Å². The fourth-order valence-electron chi connectivity index (χ4n) is 2.01. The summed E-state index contributed by atoms with van der Waals surface area (Å²) in [6.45, 7) is 2.40. The Labute approximate surface area is 130 Å². The molecule has 1 aromatic heterocycles. The minimum Gasteiger partial charge on any atom is -0.478 e. The van der Waals surface area contributed by atoms with Crippen LogP contribution in [-0.2, 0) is 24.4 Å². The number of hydrogen-bond donors (Lipinski definition) is 2. The second kappa shape index (κ2) is 7.26. The molecule has 6 nitrogen and oxygen atoms in total. The van der Waals surface area contributed by atoms with Gasteiger partial charge in [-0.15, -0.1) is 0 Å². The van der Waals surface area contributed by atoms with Crippen LogP contribution in [0.3, 0.4) is 0 Å². The highest BCUT2D eigenvalue weighted by Gasteiger charge is 2.14. The van der Waals surface area contributed by atoms with Crippen LogP contribution in [0.25, 0.3) is 0 Å². The lowest BCUT2D eigenvalue weighted by molar-refractivity contribution is 0.0696. The minimum atomic E-state index is -2.15. The van der Waals surface area contributed by atoms with E-state index in [9.17, 15) is 13.6 Å². The molecule has 7 heteroatoms. The van der Waals surface area contributed by atoms with E-state index in [1.54, 1.807) is 6.07 Å². The zero-order valence-corrected chi connectivity index (χ0v) is 12.8. The lowest BCUT2D eigenvalue weighted by Gasteiger charge is -2.17. The van der Waals surface area contributed by atoms with Crippen LogP contribution in [0.5, 0.6) is 0 Å². The molecule has 0 saturated carbocycles. The molecule has 0 aliphatic rings. The molecule has 2 N–H and O–H groups in total. The average molecular weight is 320 g/mol. The van der Waals surface area contributed by atoms with Crippen LogP contribution in [0.4, 0.5) is 0 Å². The standard InChI is InChI=1S/C15H16N2O4S/c1-11-3-2-4-12(7-11)9-17(22(20)21)10-14-6-5-13(8-16-14)15(18)19/h2-8H,9-10H2,1H3,(H,18,19)(H,20,21). The van der Waals surface area contributed by atoms with Gasteiger partial charge in [0.1, 0.15) is 0 Å². The number of hydrogen-bond acceptors (Lipinski definition) is 3. The molecule has 2 rings (SSSR count). The highest BCUT2D eigenvalue weighted by Crippen LogP contribution is 2.12. The molecule has 0 aliphatic carbocycles. The van der Waals surface area contributed by atoms with Crippen molar-refractivity contribution >= 4 is 17.2 Å². The van der Waals surface area contributed by atoms with Crippen molar-refractivity contribution in [3.63, 3.8) is 0 Å². The van der Waals surface area contributed by atoms with E-state index in [1.165, 1.54) is 16.6 Å². The van der Waals surface area contributed by atoms with Crippen molar-refractivity contribution in [1.82, 2.24) is 9.29 Å². The number of carboxylic acid groups (broad SMARTS) is 1. The SMILES string of the molecule is Cc1cccc(CN(Cc2ccc(C(=O)O)cn2)S(=O)O)c1. The Balaban J connectivity index is 2.11. The van der Waals surface area contributed by atoms with Crippen LogP contribution >= 0.6 is 0 Å². The van der Waals surface area contributed by atoms with Crippen molar-refractivity contribution in [2.24, 2.45) is 0 Å². The van der Waals surface area contributed by atoms with E-state index in [2.05, 4.69) is 4.98 Å². The molecule has 116 valence electrons. The Morgan fingerprint density at radius 3 is 2.59 bits per heavy atom. The molecule has 1 heterocycles. The van der Waals surface area contributed by atoms with E-state index >= 15 is 0 Å². The molecule has 22 heavy (non-hydrogen) atoms. The molecule has 0 bridgehead atoms. The first-order valence-electron chi connectivity index (χ1n) is 6.55. The predicted octanol–water partition coefficient (Wildman–Crippen LogP) is 2.23. The largest absolute Gasteiger partial charge is 0.478 e. The highest BCUT2D eigenvalue weighted by atomic mass is 32.2. The van der Waals surface area contributed by atoms with Crippen LogP contribution in [0.2, 0.25) is 0 Å². The van der Waals surface area contributed by atoms with E-state index in [4.69, 9.17) is 5.11 Å². The summed E-state index contributed by atoms with van der Waals surface area (Å²) < 4.78 is 22.3. The van der Waals surface area contributed by atoms with Crippen molar-refractivity contribution in [2.75, 3.05) is 0 Å². The van der Waals surface area contributed by atoms with Crippen LogP contribution in [-0.4, -0.2) is 29.1 Å². The molecule has 1 unspecified atom stereocenters. The van der Waals surface area contributed by atoms with Gasteiger partial charge in [-0.25, -0.2) is 9.00 Å². The summed E-state index contributed by atoms with van der Waals surface area (Å²) in [5, 5.41) is 8.83. The van der Waals surface area contributed by atoms with E-state index in [1.807, 2.05) is 31.2 Å². The second-order valence-electron chi connectivity index (χ2n) is 4.86. The Morgan fingerprint density at radius 1 is 1.27 bits per heavy atom. The molecule has 2 aromatic rings. The first kappa shape index (κ1) is 16.3. The van der Waals surface area contributed by atoms with E-state index < -0.39 is 17.2 Å². The van der Waals surface area contributed by atoms with Crippen LogP contribution in [0.1, 0.15) is 27.2 Å². The number of benzene rings is 1. The van der Waals surface area contributed by atoms with Gasteiger partial charge in [0.25, 0.3) is 0 Å². The van der Waals surface area contributed by atoms with Gasteiger partial charge in [0, 0.05) is 12.7 Å².